The quantitative estimate of drug-likeness (QED) is 0.188. The van der Waals surface area contributed by atoms with Crippen molar-refractivity contribution < 1.29 is 19.4 Å². The molecule has 0 atom stereocenters. The van der Waals surface area contributed by atoms with E-state index in [2.05, 4.69) is 20.7 Å². The molecule has 0 saturated carbocycles. The predicted molar refractivity (Wildman–Crippen MR) is 138 cm³/mol. The average Bonchev–Trinajstić information content (AvgIpc) is 3.32. The third-order valence-corrected chi connectivity index (χ3v) is 6.16. The number of halogens is 1. The molecule has 36 heavy (non-hydrogen) atoms. The summed E-state index contributed by atoms with van der Waals surface area (Å²) in [7, 11) is 1.60. The number of amides is 1. The van der Waals surface area contributed by atoms with Gasteiger partial charge in [-0.25, -0.2) is 10.2 Å². The fraction of sp³-hybridized carbons (Fsp3) is 0.0800. The lowest BCUT2D eigenvalue weighted by molar-refractivity contribution is -0.118. The number of aromatic nitrogens is 3. The zero-order valence-electron chi connectivity index (χ0n) is 19.0. The number of benzene rings is 3. The monoisotopic (exact) mass is 521 g/mol. The maximum atomic E-state index is 12.4. The highest BCUT2D eigenvalue weighted by Crippen LogP contribution is 2.29. The summed E-state index contributed by atoms with van der Waals surface area (Å²) in [5.74, 6) is -0.152. The lowest BCUT2D eigenvalue weighted by atomic mass is 10.1. The minimum atomic E-state index is -1.08. The van der Waals surface area contributed by atoms with Gasteiger partial charge in [0.1, 0.15) is 5.75 Å². The second kappa shape index (κ2) is 11.5. The standard InChI is InChI=1S/C25H20ClN5O4S/c1-35-20-12-6-16(7-13-20)23-29-30-25(31(23)19-10-8-18(26)9-11-19)36-15-22(32)28-27-14-17-4-2-3-5-21(17)24(33)34/h2-14H,15H2,1H3,(H,28,32)(H,33,34)/b27-14-. The Bertz CT molecular complexity index is 1400. The number of carbonyl (C=O) groups excluding carboxylic acids is 1. The minimum Gasteiger partial charge on any atom is -0.497 e. The molecule has 2 N–H and O–H groups in total. The second-order valence-electron chi connectivity index (χ2n) is 7.32. The van der Waals surface area contributed by atoms with E-state index in [1.807, 2.05) is 41.0 Å². The van der Waals surface area contributed by atoms with E-state index in [4.69, 9.17) is 16.3 Å². The van der Waals surface area contributed by atoms with Gasteiger partial charge < -0.3 is 9.84 Å². The molecule has 1 amide bonds. The number of carboxylic acid groups (broad SMARTS) is 1. The maximum Gasteiger partial charge on any atom is 0.336 e. The van der Waals surface area contributed by atoms with Crippen LogP contribution in [0.25, 0.3) is 17.1 Å². The number of nitrogens with one attached hydrogen (secondary N) is 1. The van der Waals surface area contributed by atoms with Crippen LogP contribution in [0, 0.1) is 0 Å². The molecule has 4 aromatic rings. The van der Waals surface area contributed by atoms with Crippen LogP contribution in [0.1, 0.15) is 15.9 Å². The van der Waals surface area contributed by atoms with Crippen molar-refractivity contribution >= 4 is 41.5 Å². The van der Waals surface area contributed by atoms with Gasteiger partial charge in [-0.05, 0) is 54.6 Å². The first-order chi connectivity index (χ1) is 17.5. The van der Waals surface area contributed by atoms with Gasteiger partial charge in [0.2, 0.25) is 0 Å². The molecule has 0 bridgehead atoms. The third kappa shape index (κ3) is 5.91. The summed E-state index contributed by atoms with van der Waals surface area (Å²) in [5.41, 5.74) is 4.48. The van der Waals surface area contributed by atoms with Crippen molar-refractivity contribution in [1.82, 2.24) is 20.2 Å². The van der Waals surface area contributed by atoms with Crippen LogP contribution in [0.15, 0.2) is 83.1 Å². The van der Waals surface area contributed by atoms with E-state index in [1.165, 1.54) is 24.0 Å². The van der Waals surface area contributed by atoms with Crippen molar-refractivity contribution in [2.45, 2.75) is 5.16 Å². The van der Waals surface area contributed by atoms with Crippen LogP contribution < -0.4 is 10.2 Å². The number of ether oxygens (including phenoxy) is 1. The number of rotatable bonds is 9. The Kier molecular flexibility index (Phi) is 7.99. The molecule has 1 heterocycles. The van der Waals surface area contributed by atoms with Gasteiger partial charge in [0.05, 0.1) is 24.6 Å². The number of nitrogens with zero attached hydrogens (tertiary/aromatic N) is 4. The fourth-order valence-corrected chi connectivity index (χ4v) is 4.12. The average molecular weight is 522 g/mol. The van der Waals surface area contributed by atoms with Crippen LogP contribution in [0.5, 0.6) is 5.75 Å². The Morgan fingerprint density at radius 2 is 1.81 bits per heavy atom. The molecule has 0 spiro atoms. The number of hydrogen-bond acceptors (Lipinski definition) is 7. The van der Waals surface area contributed by atoms with Crippen molar-refractivity contribution in [1.29, 1.82) is 0 Å². The molecule has 0 unspecified atom stereocenters. The molecular weight excluding hydrogens is 502 g/mol. The van der Waals surface area contributed by atoms with Crippen molar-refractivity contribution in [3.63, 3.8) is 0 Å². The van der Waals surface area contributed by atoms with Gasteiger partial charge >= 0.3 is 5.97 Å². The van der Waals surface area contributed by atoms with Gasteiger partial charge in [-0.15, -0.1) is 10.2 Å². The Labute approximate surface area is 215 Å². The SMILES string of the molecule is COc1ccc(-c2nnc(SCC(=O)N/N=C\c3ccccc3C(=O)O)n2-c2ccc(Cl)cc2)cc1. The summed E-state index contributed by atoms with van der Waals surface area (Å²) in [4.78, 5) is 23.7. The molecule has 9 nitrogen and oxygen atoms in total. The fourth-order valence-electron chi connectivity index (χ4n) is 3.25. The molecule has 182 valence electrons. The molecule has 0 radical (unpaired) electrons. The lowest BCUT2D eigenvalue weighted by Crippen LogP contribution is -2.20. The molecule has 0 fully saturated rings. The Balaban J connectivity index is 1.51. The van der Waals surface area contributed by atoms with E-state index in [0.29, 0.717) is 27.3 Å². The number of thioether (sulfide) groups is 1. The second-order valence-corrected chi connectivity index (χ2v) is 8.70. The van der Waals surface area contributed by atoms with Gasteiger partial charge in [0, 0.05) is 21.8 Å². The van der Waals surface area contributed by atoms with Crippen molar-refractivity contribution in [2.75, 3.05) is 12.9 Å². The van der Waals surface area contributed by atoms with Crippen molar-refractivity contribution in [3.05, 3.63) is 88.9 Å². The summed E-state index contributed by atoms with van der Waals surface area (Å²) < 4.78 is 7.07. The van der Waals surface area contributed by atoms with Crippen LogP contribution >= 0.6 is 23.4 Å². The summed E-state index contributed by atoms with van der Waals surface area (Å²) in [5, 5.41) is 22.9. The highest BCUT2D eigenvalue weighted by molar-refractivity contribution is 7.99. The molecule has 0 saturated heterocycles. The van der Waals surface area contributed by atoms with Crippen LogP contribution in [-0.2, 0) is 4.79 Å². The van der Waals surface area contributed by atoms with Gasteiger partial charge in [0.25, 0.3) is 5.91 Å². The van der Waals surface area contributed by atoms with E-state index in [0.717, 1.165) is 11.3 Å². The van der Waals surface area contributed by atoms with E-state index >= 15 is 0 Å². The predicted octanol–water partition coefficient (Wildman–Crippen LogP) is 4.54. The van der Waals surface area contributed by atoms with Crippen LogP contribution in [0.2, 0.25) is 5.02 Å². The summed E-state index contributed by atoms with van der Waals surface area (Å²) in [6.07, 6.45) is 1.30. The van der Waals surface area contributed by atoms with E-state index in [9.17, 15) is 14.7 Å². The Morgan fingerprint density at radius 3 is 2.50 bits per heavy atom. The van der Waals surface area contributed by atoms with Gasteiger partial charge in [0.15, 0.2) is 11.0 Å². The minimum absolute atomic E-state index is 0.00620. The van der Waals surface area contributed by atoms with E-state index in [1.54, 1.807) is 37.4 Å². The lowest BCUT2D eigenvalue weighted by Gasteiger charge is -2.11. The highest BCUT2D eigenvalue weighted by Gasteiger charge is 2.17. The van der Waals surface area contributed by atoms with Crippen LogP contribution in [-0.4, -0.2) is 50.8 Å². The maximum absolute atomic E-state index is 12.4. The highest BCUT2D eigenvalue weighted by atomic mass is 35.5. The van der Waals surface area contributed by atoms with Crippen LogP contribution in [0.3, 0.4) is 0 Å². The van der Waals surface area contributed by atoms with Crippen LogP contribution in [0.4, 0.5) is 0 Å². The first-order valence-electron chi connectivity index (χ1n) is 10.6. The van der Waals surface area contributed by atoms with Gasteiger partial charge in [-0.1, -0.05) is 41.6 Å². The normalized spacial score (nSPS) is 10.9. The molecule has 1 aromatic heterocycles. The summed E-state index contributed by atoms with van der Waals surface area (Å²) >= 11 is 7.25. The Hall–Kier alpha value is -4.15. The van der Waals surface area contributed by atoms with E-state index < -0.39 is 5.97 Å². The van der Waals surface area contributed by atoms with Gasteiger partial charge in [-0.2, -0.15) is 5.10 Å². The third-order valence-electron chi connectivity index (χ3n) is 4.98. The molecular formula is C25H20ClN5O4S. The largest absolute Gasteiger partial charge is 0.497 e. The number of aromatic carboxylic acids is 1. The van der Waals surface area contributed by atoms with Crippen molar-refractivity contribution in [3.8, 4) is 22.8 Å². The molecule has 11 heteroatoms. The number of carboxylic acids is 1. The number of methoxy groups -OCH3 is 1. The Morgan fingerprint density at radius 1 is 1.08 bits per heavy atom. The molecule has 0 aliphatic carbocycles. The number of hydrazone groups is 1. The topological polar surface area (TPSA) is 119 Å². The first kappa shape index (κ1) is 25.0. The summed E-state index contributed by atoms with van der Waals surface area (Å²) in [6.45, 7) is 0. The van der Waals surface area contributed by atoms with Crippen molar-refractivity contribution in [2.24, 2.45) is 5.10 Å². The van der Waals surface area contributed by atoms with E-state index in [-0.39, 0.29) is 17.2 Å². The number of hydrogen-bond donors (Lipinski definition) is 2. The zero-order valence-corrected chi connectivity index (χ0v) is 20.5. The summed E-state index contributed by atoms with van der Waals surface area (Å²) in [6, 6.07) is 21.0. The molecule has 4 rings (SSSR count). The number of carbonyl (C=O) groups is 2. The smallest absolute Gasteiger partial charge is 0.336 e. The van der Waals surface area contributed by atoms with Gasteiger partial charge in [-0.3, -0.25) is 9.36 Å². The molecule has 0 aliphatic heterocycles. The molecule has 3 aromatic carbocycles. The first-order valence-corrected chi connectivity index (χ1v) is 12.0. The molecule has 0 aliphatic rings. The zero-order chi connectivity index (χ0) is 25.5.